The zero-order valence-electron chi connectivity index (χ0n) is 14.3. The van der Waals surface area contributed by atoms with Gasteiger partial charge in [-0.15, -0.1) is 16.8 Å². The first-order chi connectivity index (χ1) is 12.7. The maximum atomic E-state index is 12.3. The summed E-state index contributed by atoms with van der Waals surface area (Å²) in [5, 5.41) is 11.7. The highest BCUT2D eigenvalue weighted by atomic mass is 32.2. The molecule has 0 aliphatic carbocycles. The molecule has 134 valence electrons. The van der Waals surface area contributed by atoms with Crippen LogP contribution in [0.4, 0.5) is 0 Å². The van der Waals surface area contributed by atoms with E-state index in [1.54, 1.807) is 30.8 Å². The normalized spacial score (nSPS) is 11.9. The van der Waals surface area contributed by atoms with Crippen LogP contribution in [0.25, 0.3) is 11.4 Å². The summed E-state index contributed by atoms with van der Waals surface area (Å²) in [6.07, 6.45) is 6.78. The SMILES string of the molecule is C=CCn1c(S[C@H](C)C(=O)NCc2ccco2)nnc1-c1ccncc1. The predicted octanol–water partition coefficient (Wildman–Crippen LogP) is 2.92. The van der Waals surface area contributed by atoms with E-state index >= 15 is 0 Å². The Kier molecular flexibility index (Phi) is 5.85. The number of allylic oxidation sites excluding steroid dienone is 1. The van der Waals surface area contributed by atoms with E-state index in [0.717, 1.165) is 11.4 Å². The fraction of sp³-hybridized carbons (Fsp3) is 0.222. The molecule has 1 atom stereocenters. The topological polar surface area (TPSA) is 85.8 Å². The molecule has 0 aromatic carbocycles. The molecule has 1 amide bonds. The molecular formula is C18H19N5O2S. The first-order valence-corrected chi connectivity index (χ1v) is 8.98. The number of nitrogens with zero attached hydrogens (tertiary/aromatic N) is 4. The maximum absolute atomic E-state index is 12.3. The Labute approximate surface area is 155 Å². The molecule has 0 unspecified atom stereocenters. The maximum Gasteiger partial charge on any atom is 0.233 e. The van der Waals surface area contributed by atoms with Crippen molar-refractivity contribution in [2.24, 2.45) is 0 Å². The molecule has 0 saturated heterocycles. The van der Waals surface area contributed by atoms with Gasteiger partial charge in [-0.25, -0.2) is 0 Å². The van der Waals surface area contributed by atoms with Crippen molar-refractivity contribution in [2.45, 2.75) is 30.4 Å². The van der Waals surface area contributed by atoms with Gasteiger partial charge in [0, 0.05) is 24.5 Å². The Balaban J connectivity index is 1.71. The van der Waals surface area contributed by atoms with Crippen molar-refractivity contribution in [3.63, 3.8) is 0 Å². The fourth-order valence-electron chi connectivity index (χ4n) is 2.33. The van der Waals surface area contributed by atoms with Crippen LogP contribution in [0.2, 0.25) is 0 Å². The van der Waals surface area contributed by atoms with E-state index in [9.17, 15) is 4.79 Å². The lowest BCUT2D eigenvalue weighted by atomic mass is 10.2. The molecule has 3 aromatic rings. The monoisotopic (exact) mass is 369 g/mol. The Morgan fingerprint density at radius 1 is 1.38 bits per heavy atom. The van der Waals surface area contributed by atoms with E-state index in [1.807, 2.05) is 29.7 Å². The number of pyridine rings is 1. The molecule has 0 aliphatic rings. The minimum Gasteiger partial charge on any atom is -0.467 e. The van der Waals surface area contributed by atoms with Crippen LogP contribution in [0.15, 0.2) is 65.2 Å². The van der Waals surface area contributed by atoms with Gasteiger partial charge in [0.15, 0.2) is 11.0 Å². The highest BCUT2D eigenvalue weighted by Gasteiger charge is 2.20. The van der Waals surface area contributed by atoms with Crippen LogP contribution >= 0.6 is 11.8 Å². The zero-order valence-corrected chi connectivity index (χ0v) is 15.1. The standard InChI is InChI=1S/C18H19N5O2S/c1-3-10-23-16(14-6-8-19-9-7-14)21-22-18(23)26-13(2)17(24)20-12-15-5-4-11-25-15/h3-9,11,13H,1,10,12H2,2H3,(H,20,24)/t13-/m1/s1. The summed E-state index contributed by atoms with van der Waals surface area (Å²) < 4.78 is 7.15. The lowest BCUT2D eigenvalue weighted by Crippen LogP contribution is -2.30. The first-order valence-electron chi connectivity index (χ1n) is 8.10. The highest BCUT2D eigenvalue weighted by molar-refractivity contribution is 8.00. The number of aromatic nitrogens is 4. The van der Waals surface area contributed by atoms with Gasteiger partial charge in [-0.3, -0.25) is 14.3 Å². The number of nitrogens with one attached hydrogen (secondary N) is 1. The molecule has 0 saturated carbocycles. The van der Waals surface area contributed by atoms with Gasteiger partial charge in [0.2, 0.25) is 5.91 Å². The van der Waals surface area contributed by atoms with E-state index < -0.39 is 0 Å². The Hall–Kier alpha value is -2.87. The van der Waals surface area contributed by atoms with Gasteiger partial charge in [0.1, 0.15) is 5.76 Å². The second kappa shape index (κ2) is 8.48. The third-order valence-corrected chi connectivity index (χ3v) is 4.72. The Morgan fingerprint density at radius 3 is 2.88 bits per heavy atom. The predicted molar refractivity (Wildman–Crippen MR) is 99.3 cm³/mol. The molecule has 0 aliphatic heterocycles. The molecule has 26 heavy (non-hydrogen) atoms. The summed E-state index contributed by atoms with van der Waals surface area (Å²) >= 11 is 1.35. The van der Waals surface area contributed by atoms with Gasteiger partial charge in [0.25, 0.3) is 0 Å². The van der Waals surface area contributed by atoms with Crippen molar-refractivity contribution in [3.8, 4) is 11.4 Å². The van der Waals surface area contributed by atoms with Gasteiger partial charge in [-0.05, 0) is 31.2 Å². The lowest BCUT2D eigenvalue weighted by molar-refractivity contribution is -0.120. The minimum atomic E-state index is -0.331. The highest BCUT2D eigenvalue weighted by Crippen LogP contribution is 2.26. The van der Waals surface area contributed by atoms with E-state index in [-0.39, 0.29) is 11.2 Å². The average Bonchev–Trinajstić information content (AvgIpc) is 3.31. The summed E-state index contributed by atoms with van der Waals surface area (Å²) in [5.41, 5.74) is 0.913. The molecule has 0 radical (unpaired) electrons. The van der Waals surface area contributed by atoms with Crippen molar-refractivity contribution in [2.75, 3.05) is 0 Å². The van der Waals surface area contributed by atoms with E-state index in [1.165, 1.54) is 11.8 Å². The summed E-state index contributed by atoms with van der Waals surface area (Å²) in [5.74, 6) is 1.34. The number of hydrogen-bond acceptors (Lipinski definition) is 6. The van der Waals surface area contributed by atoms with Crippen molar-refractivity contribution in [1.29, 1.82) is 0 Å². The number of rotatable bonds is 8. The molecule has 0 spiro atoms. The van der Waals surface area contributed by atoms with Crippen LogP contribution < -0.4 is 5.32 Å². The van der Waals surface area contributed by atoms with E-state index in [0.29, 0.717) is 24.0 Å². The molecule has 7 nitrogen and oxygen atoms in total. The summed E-state index contributed by atoms with van der Waals surface area (Å²) in [6, 6.07) is 7.35. The summed E-state index contributed by atoms with van der Waals surface area (Å²) in [6.45, 7) is 6.54. The van der Waals surface area contributed by atoms with Gasteiger partial charge in [-0.1, -0.05) is 17.8 Å². The van der Waals surface area contributed by atoms with Gasteiger partial charge in [-0.2, -0.15) is 0 Å². The number of hydrogen-bond donors (Lipinski definition) is 1. The number of thioether (sulfide) groups is 1. The van der Waals surface area contributed by atoms with Gasteiger partial charge < -0.3 is 9.73 Å². The quantitative estimate of drug-likeness (QED) is 0.485. The number of amides is 1. The van der Waals surface area contributed by atoms with Crippen LogP contribution in [-0.2, 0) is 17.9 Å². The van der Waals surface area contributed by atoms with Gasteiger partial charge in [0.05, 0.1) is 18.1 Å². The molecule has 3 rings (SSSR count). The number of carbonyl (C=O) groups excluding carboxylic acids is 1. The molecule has 0 bridgehead atoms. The minimum absolute atomic E-state index is 0.0926. The number of carbonyl (C=O) groups is 1. The molecule has 8 heteroatoms. The summed E-state index contributed by atoms with van der Waals surface area (Å²) in [7, 11) is 0. The molecular weight excluding hydrogens is 350 g/mol. The molecule has 3 aromatic heterocycles. The van der Waals surface area contributed by atoms with Gasteiger partial charge >= 0.3 is 0 Å². The lowest BCUT2D eigenvalue weighted by Gasteiger charge is -2.12. The van der Waals surface area contributed by atoms with Crippen molar-refractivity contribution in [3.05, 3.63) is 61.3 Å². The van der Waals surface area contributed by atoms with Crippen LogP contribution in [0.5, 0.6) is 0 Å². The Bertz CT molecular complexity index is 861. The molecule has 3 heterocycles. The third-order valence-electron chi connectivity index (χ3n) is 3.64. The first kappa shape index (κ1) is 17.9. The largest absolute Gasteiger partial charge is 0.467 e. The average molecular weight is 369 g/mol. The van der Waals surface area contributed by atoms with Crippen molar-refractivity contribution in [1.82, 2.24) is 25.1 Å². The van der Waals surface area contributed by atoms with Crippen LogP contribution in [0.1, 0.15) is 12.7 Å². The van der Waals surface area contributed by atoms with Crippen LogP contribution in [-0.4, -0.2) is 30.9 Å². The van der Waals surface area contributed by atoms with E-state index in [2.05, 4.69) is 27.1 Å². The molecule has 1 N–H and O–H groups in total. The molecule has 0 fully saturated rings. The fourth-order valence-corrected chi connectivity index (χ4v) is 3.21. The second-order valence-corrected chi connectivity index (χ2v) is 6.81. The van der Waals surface area contributed by atoms with Crippen LogP contribution in [0.3, 0.4) is 0 Å². The number of furan rings is 1. The summed E-state index contributed by atoms with van der Waals surface area (Å²) in [4.78, 5) is 16.4. The van der Waals surface area contributed by atoms with E-state index in [4.69, 9.17) is 4.42 Å². The second-order valence-electron chi connectivity index (χ2n) is 5.50. The third kappa shape index (κ3) is 4.20. The smallest absolute Gasteiger partial charge is 0.233 e. The zero-order chi connectivity index (χ0) is 18.4. The van der Waals surface area contributed by atoms with Crippen molar-refractivity contribution >= 4 is 17.7 Å². The van der Waals surface area contributed by atoms with Crippen molar-refractivity contribution < 1.29 is 9.21 Å². The van der Waals surface area contributed by atoms with Crippen LogP contribution in [0, 0.1) is 0 Å². The Morgan fingerprint density at radius 2 is 2.19 bits per heavy atom.